The van der Waals surface area contributed by atoms with Gasteiger partial charge in [-0.2, -0.15) is 0 Å². The Bertz CT molecular complexity index is 341. The van der Waals surface area contributed by atoms with Gasteiger partial charge in [0.1, 0.15) is 0 Å². The molecule has 2 rings (SSSR count). The minimum absolute atomic E-state index is 0.443. The van der Waals surface area contributed by atoms with E-state index < -0.39 is 0 Å². The van der Waals surface area contributed by atoms with Gasteiger partial charge in [0, 0.05) is 12.1 Å². The molecule has 2 N–H and O–H groups in total. The first kappa shape index (κ1) is 21.2. The molecule has 2 aliphatic rings. The predicted octanol–water partition coefficient (Wildman–Crippen LogP) is 5.77. The molecule has 0 aromatic carbocycles. The quantitative estimate of drug-likeness (QED) is 0.595. The third kappa shape index (κ3) is 6.54. The Hall–Kier alpha value is -0.0800. The third-order valence-corrected chi connectivity index (χ3v) is 6.92. The largest absolute Gasteiger partial charge is 0.314 e. The van der Waals surface area contributed by atoms with Gasteiger partial charge in [0.05, 0.1) is 0 Å². The van der Waals surface area contributed by atoms with Crippen LogP contribution in [0, 0.1) is 22.7 Å². The fraction of sp³-hybridized carbons (Fsp3) is 1.00. The fourth-order valence-electron chi connectivity index (χ4n) is 5.49. The summed E-state index contributed by atoms with van der Waals surface area (Å²) in [6.45, 7) is 16.9. The minimum Gasteiger partial charge on any atom is -0.314 e. The molecule has 0 heterocycles. The first-order valence-electron chi connectivity index (χ1n) is 11.2. The van der Waals surface area contributed by atoms with Gasteiger partial charge in [0.15, 0.2) is 0 Å². The van der Waals surface area contributed by atoms with E-state index in [9.17, 15) is 0 Å². The van der Waals surface area contributed by atoms with Crippen LogP contribution in [0.3, 0.4) is 0 Å². The summed E-state index contributed by atoms with van der Waals surface area (Å²) in [5, 5.41) is 7.83. The van der Waals surface area contributed by atoms with E-state index in [0.29, 0.717) is 10.8 Å². The van der Waals surface area contributed by atoms with Crippen LogP contribution in [0.2, 0.25) is 0 Å². The van der Waals surface area contributed by atoms with Crippen LogP contribution in [0.5, 0.6) is 0 Å². The van der Waals surface area contributed by atoms with E-state index in [1.54, 1.807) is 0 Å². The Balaban J connectivity index is 1.70. The monoisotopic (exact) mass is 350 g/mol. The molecule has 148 valence electrons. The van der Waals surface area contributed by atoms with Crippen LogP contribution in [0.4, 0.5) is 0 Å². The van der Waals surface area contributed by atoms with E-state index in [4.69, 9.17) is 0 Å². The second kappa shape index (κ2) is 9.22. The van der Waals surface area contributed by atoms with Gasteiger partial charge in [0.25, 0.3) is 0 Å². The summed E-state index contributed by atoms with van der Waals surface area (Å²) in [6.07, 6.45) is 12.5. The van der Waals surface area contributed by atoms with Crippen molar-refractivity contribution < 1.29 is 0 Å². The maximum absolute atomic E-state index is 3.92. The lowest BCUT2D eigenvalue weighted by Gasteiger charge is -2.41. The molecule has 0 bridgehead atoms. The highest BCUT2D eigenvalue weighted by Crippen LogP contribution is 2.39. The molecule has 4 atom stereocenters. The molecule has 4 unspecified atom stereocenters. The van der Waals surface area contributed by atoms with E-state index >= 15 is 0 Å². The molecular formula is C23H46N2. The zero-order valence-corrected chi connectivity index (χ0v) is 18.1. The van der Waals surface area contributed by atoms with Crippen molar-refractivity contribution in [1.82, 2.24) is 10.6 Å². The summed E-state index contributed by atoms with van der Waals surface area (Å²) in [7, 11) is 0. The van der Waals surface area contributed by atoms with Gasteiger partial charge in [-0.15, -0.1) is 0 Å². The van der Waals surface area contributed by atoms with Crippen molar-refractivity contribution in [1.29, 1.82) is 0 Å². The van der Waals surface area contributed by atoms with Crippen LogP contribution in [0.25, 0.3) is 0 Å². The van der Waals surface area contributed by atoms with Crippen LogP contribution >= 0.6 is 0 Å². The summed E-state index contributed by atoms with van der Waals surface area (Å²) in [5.74, 6) is 1.69. The maximum Gasteiger partial charge on any atom is 0.0100 e. The summed E-state index contributed by atoms with van der Waals surface area (Å²) < 4.78 is 0. The van der Waals surface area contributed by atoms with E-state index in [1.807, 2.05) is 0 Å². The minimum atomic E-state index is 0.443. The van der Waals surface area contributed by atoms with E-state index in [1.165, 1.54) is 70.9 Å². The topological polar surface area (TPSA) is 24.1 Å². The Morgan fingerprint density at radius 1 is 0.600 bits per heavy atom. The van der Waals surface area contributed by atoms with Gasteiger partial charge in [0.2, 0.25) is 0 Å². The van der Waals surface area contributed by atoms with Crippen molar-refractivity contribution in [3.63, 3.8) is 0 Å². The predicted molar refractivity (Wildman–Crippen MR) is 111 cm³/mol. The third-order valence-electron chi connectivity index (χ3n) is 6.92. The number of nitrogens with one attached hydrogen (secondary N) is 2. The van der Waals surface area contributed by atoms with Gasteiger partial charge < -0.3 is 10.6 Å². The van der Waals surface area contributed by atoms with Crippen molar-refractivity contribution in [2.75, 3.05) is 13.1 Å². The zero-order valence-electron chi connectivity index (χ0n) is 18.1. The van der Waals surface area contributed by atoms with Crippen LogP contribution in [0.15, 0.2) is 0 Å². The van der Waals surface area contributed by atoms with Crippen molar-refractivity contribution in [3.8, 4) is 0 Å². The molecule has 2 nitrogen and oxygen atoms in total. The lowest BCUT2D eigenvalue weighted by Crippen LogP contribution is -2.46. The standard InChI is InChI=1S/C23H46N2/c1-22(2,3)18-12-7-9-14-20(18)24-16-11-17-25-21-15-10-8-13-19(21)23(4,5)6/h18-21,24-25H,7-17H2,1-6H3. The average molecular weight is 351 g/mol. The van der Waals surface area contributed by atoms with Crippen molar-refractivity contribution >= 4 is 0 Å². The van der Waals surface area contributed by atoms with Crippen LogP contribution in [-0.4, -0.2) is 25.2 Å². The molecule has 0 saturated heterocycles. The maximum atomic E-state index is 3.92. The molecular weight excluding hydrogens is 304 g/mol. The van der Waals surface area contributed by atoms with Gasteiger partial charge in [-0.05, 0) is 67.9 Å². The Kier molecular flexibility index (Phi) is 7.83. The number of hydrogen-bond acceptors (Lipinski definition) is 2. The van der Waals surface area contributed by atoms with Crippen molar-refractivity contribution in [2.45, 2.75) is 111 Å². The first-order valence-corrected chi connectivity index (χ1v) is 11.2. The molecule has 0 radical (unpaired) electrons. The molecule has 0 aromatic heterocycles. The first-order chi connectivity index (χ1) is 11.7. The Morgan fingerprint density at radius 3 is 1.32 bits per heavy atom. The Labute approximate surface area is 158 Å². The van der Waals surface area contributed by atoms with Gasteiger partial charge in [-0.3, -0.25) is 0 Å². The molecule has 25 heavy (non-hydrogen) atoms. The zero-order chi connectivity index (χ0) is 18.5. The molecule has 2 aliphatic carbocycles. The van der Waals surface area contributed by atoms with Gasteiger partial charge in [-0.25, -0.2) is 0 Å². The van der Waals surface area contributed by atoms with E-state index in [0.717, 1.165) is 23.9 Å². The number of rotatable bonds is 6. The molecule has 0 aliphatic heterocycles. The molecule has 0 aromatic rings. The van der Waals surface area contributed by atoms with Crippen LogP contribution in [0.1, 0.15) is 99.3 Å². The summed E-state index contributed by atoms with van der Waals surface area (Å²) in [6, 6.07) is 1.48. The fourth-order valence-corrected chi connectivity index (χ4v) is 5.49. The molecule has 2 heteroatoms. The smallest absolute Gasteiger partial charge is 0.0100 e. The van der Waals surface area contributed by atoms with Gasteiger partial charge in [-0.1, -0.05) is 67.2 Å². The number of hydrogen-bond donors (Lipinski definition) is 2. The highest BCUT2D eigenvalue weighted by Gasteiger charge is 2.34. The van der Waals surface area contributed by atoms with Gasteiger partial charge >= 0.3 is 0 Å². The molecule has 0 spiro atoms. The highest BCUT2D eigenvalue weighted by atomic mass is 15.0. The molecule has 2 saturated carbocycles. The highest BCUT2D eigenvalue weighted by molar-refractivity contribution is 4.89. The Morgan fingerprint density at radius 2 is 0.960 bits per heavy atom. The van der Waals surface area contributed by atoms with Crippen molar-refractivity contribution in [2.24, 2.45) is 22.7 Å². The van der Waals surface area contributed by atoms with Crippen molar-refractivity contribution in [3.05, 3.63) is 0 Å². The summed E-state index contributed by atoms with van der Waals surface area (Å²) in [5.41, 5.74) is 0.886. The summed E-state index contributed by atoms with van der Waals surface area (Å²) in [4.78, 5) is 0. The van der Waals surface area contributed by atoms with Crippen LogP contribution in [-0.2, 0) is 0 Å². The van der Waals surface area contributed by atoms with Crippen LogP contribution < -0.4 is 10.6 Å². The van der Waals surface area contributed by atoms with E-state index in [-0.39, 0.29) is 0 Å². The molecule has 2 fully saturated rings. The average Bonchev–Trinajstić information content (AvgIpc) is 2.53. The summed E-state index contributed by atoms with van der Waals surface area (Å²) >= 11 is 0. The second-order valence-corrected chi connectivity index (χ2v) is 11.0. The van der Waals surface area contributed by atoms with E-state index in [2.05, 4.69) is 52.2 Å². The normalized spacial score (nSPS) is 31.9. The lowest BCUT2D eigenvalue weighted by molar-refractivity contribution is 0.126. The second-order valence-electron chi connectivity index (χ2n) is 11.0. The molecule has 0 amide bonds. The lowest BCUT2D eigenvalue weighted by atomic mass is 9.69. The SMILES string of the molecule is CC(C)(C)C1CCCCC1NCCCNC1CCCCC1C(C)(C)C.